The average molecular weight is 316 g/mol. The molecule has 1 atom stereocenters. The lowest BCUT2D eigenvalue weighted by molar-refractivity contribution is 0.0934. The first-order chi connectivity index (χ1) is 9.10. The van der Waals surface area contributed by atoms with Crippen LogP contribution in [0.5, 0.6) is 0 Å². The van der Waals surface area contributed by atoms with Crippen LogP contribution in [0, 0.1) is 0 Å². The van der Waals surface area contributed by atoms with E-state index < -0.39 is 0 Å². The Kier molecular flexibility index (Phi) is 4.74. The van der Waals surface area contributed by atoms with Crippen LogP contribution in [0.4, 0.5) is 0 Å². The third-order valence-electron chi connectivity index (χ3n) is 2.56. The number of nitrogens with zero attached hydrogens (tertiary/aromatic N) is 2. The molecule has 1 aromatic carbocycles. The summed E-state index contributed by atoms with van der Waals surface area (Å²) in [5.74, 6) is -0.281. The average Bonchev–Trinajstić information content (AvgIpc) is 2.82. The molecule has 0 saturated carbocycles. The van der Waals surface area contributed by atoms with E-state index in [-0.39, 0.29) is 21.4 Å². The molecule has 2 aromatic rings. The van der Waals surface area contributed by atoms with Crippen molar-refractivity contribution in [1.29, 1.82) is 0 Å². The van der Waals surface area contributed by atoms with Gasteiger partial charge < -0.3 is 5.32 Å². The van der Waals surface area contributed by atoms with Crippen molar-refractivity contribution in [3.05, 3.63) is 44.3 Å². The van der Waals surface area contributed by atoms with Crippen LogP contribution < -0.4 is 5.32 Å². The van der Waals surface area contributed by atoms with Crippen LogP contribution in [0.25, 0.3) is 0 Å². The summed E-state index contributed by atoms with van der Waals surface area (Å²) in [5.41, 5.74) is 0.957. The van der Waals surface area contributed by atoms with Gasteiger partial charge in [-0.25, -0.2) is 0 Å². The molecule has 0 saturated heterocycles. The van der Waals surface area contributed by atoms with Crippen molar-refractivity contribution in [2.75, 3.05) is 0 Å². The van der Waals surface area contributed by atoms with Gasteiger partial charge in [0.05, 0.1) is 6.04 Å². The lowest BCUT2D eigenvalue weighted by Crippen LogP contribution is -2.28. The van der Waals surface area contributed by atoms with E-state index >= 15 is 0 Å². The third-order valence-corrected chi connectivity index (χ3v) is 3.81. The number of nitrogens with one attached hydrogen (secondary N) is 1. The van der Waals surface area contributed by atoms with Crippen molar-refractivity contribution < 1.29 is 4.79 Å². The number of rotatable bonds is 4. The van der Waals surface area contributed by atoms with E-state index in [0.717, 1.165) is 23.3 Å². The molecule has 0 fully saturated rings. The summed E-state index contributed by atoms with van der Waals surface area (Å²) in [6.07, 6.45) is 0.749. The van der Waals surface area contributed by atoms with Gasteiger partial charge in [0, 0.05) is 5.02 Å². The molecule has 7 heteroatoms. The first-order valence-electron chi connectivity index (χ1n) is 5.65. The zero-order valence-electron chi connectivity index (χ0n) is 10.1. The monoisotopic (exact) mass is 315 g/mol. The second-order valence-electron chi connectivity index (χ2n) is 3.85. The van der Waals surface area contributed by atoms with Gasteiger partial charge in [-0.3, -0.25) is 4.79 Å². The Morgan fingerprint density at radius 2 is 2.21 bits per heavy atom. The molecule has 0 aliphatic carbocycles. The number of hydrogen-bond acceptors (Lipinski definition) is 4. The van der Waals surface area contributed by atoms with Crippen LogP contribution in [0.15, 0.2) is 24.3 Å². The third kappa shape index (κ3) is 3.65. The highest BCUT2D eigenvalue weighted by Crippen LogP contribution is 2.22. The van der Waals surface area contributed by atoms with Crippen molar-refractivity contribution in [2.24, 2.45) is 0 Å². The Morgan fingerprint density at radius 3 is 2.79 bits per heavy atom. The summed E-state index contributed by atoms with van der Waals surface area (Å²) in [4.78, 5) is 12.0. The molecule has 100 valence electrons. The fourth-order valence-corrected chi connectivity index (χ4v) is 2.59. The van der Waals surface area contributed by atoms with Crippen LogP contribution >= 0.6 is 34.5 Å². The first kappa shape index (κ1) is 14.2. The fourth-order valence-electron chi connectivity index (χ4n) is 1.66. The number of halogens is 2. The summed E-state index contributed by atoms with van der Waals surface area (Å²) in [5, 5.41) is 11.1. The molecule has 0 radical (unpaired) electrons. The maximum atomic E-state index is 12.0. The summed E-state index contributed by atoms with van der Waals surface area (Å²) in [6, 6.07) is 7.29. The summed E-state index contributed by atoms with van der Waals surface area (Å²) < 4.78 is 0.251. The molecule has 0 bridgehead atoms. The summed E-state index contributed by atoms with van der Waals surface area (Å²) in [6.45, 7) is 1.99. The number of benzene rings is 1. The molecule has 0 aliphatic rings. The van der Waals surface area contributed by atoms with Gasteiger partial charge in [0.25, 0.3) is 5.91 Å². The predicted molar refractivity (Wildman–Crippen MR) is 76.9 cm³/mol. The Hall–Kier alpha value is -1.17. The highest BCUT2D eigenvalue weighted by atomic mass is 35.5. The number of hydrogen-bond donors (Lipinski definition) is 1. The lowest BCUT2D eigenvalue weighted by atomic mass is 10.0. The van der Waals surface area contributed by atoms with E-state index in [0.29, 0.717) is 5.02 Å². The van der Waals surface area contributed by atoms with Crippen LogP contribution in [0.2, 0.25) is 9.49 Å². The van der Waals surface area contributed by atoms with Gasteiger partial charge in [0.2, 0.25) is 9.47 Å². The number of carbonyl (C=O) groups is 1. The van der Waals surface area contributed by atoms with E-state index in [4.69, 9.17) is 23.2 Å². The van der Waals surface area contributed by atoms with Gasteiger partial charge in [0.1, 0.15) is 0 Å². The Balaban J connectivity index is 2.13. The van der Waals surface area contributed by atoms with Gasteiger partial charge in [-0.1, -0.05) is 42.0 Å². The Morgan fingerprint density at radius 1 is 1.42 bits per heavy atom. The van der Waals surface area contributed by atoms with Crippen molar-refractivity contribution in [3.8, 4) is 0 Å². The van der Waals surface area contributed by atoms with E-state index in [9.17, 15) is 4.79 Å². The second kappa shape index (κ2) is 6.32. The predicted octanol–water partition coefficient (Wildman–Crippen LogP) is 3.73. The molecule has 1 amide bonds. The topological polar surface area (TPSA) is 54.9 Å². The minimum atomic E-state index is -0.281. The number of aromatic nitrogens is 2. The lowest BCUT2D eigenvalue weighted by Gasteiger charge is -2.16. The molecule has 1 N–H and O–H groups in total. The molecule has 1 unspecified atom stereocenters. The van der Waals surface area contributed by atoms with Gasteiger partial charge >= 0.3 is 0 Å². The molecular formula is C12H11Cl2N3OS. The second-order valence-corrected chi connectivity index (χ2v) is 5.85. The van der Waals surface area contributed by atoms with Crippen LogP contribution in [-0.2, 0) is 0 Å². The quantitative estimate of drug-likeness (QED) is 0.935. The summed E-state index contributed by atoms with van der Waals surface area (Å²) >= 11 is 12.7. The van der Waals surface area contributed by atoms with Gasteiger partial charge in [-0.15, -0.1) is 10.2 Å². The normalized spacial score (nSPS) is 12.2. The van der Waals surface area contributed by atoms with E-state index in [2.05, 4.69) is 15.5 Å². The zero-order valence-corrected chi connectivity index (χ0v) is 12.4. The van der Waals surface area contributed by atoms with E-state index in [1.54, 1.807) is 6.07 Å². The zero-order chi connectivity index (χ0) is 13.8. The van der Waals surface area contributed by atoms with Crippen molar-refractivity contribution in [1.82, 2.24) is 15.5 Å². The van der Waals surface area contributed by atoms with E-state index in [1.807, 2.05) is 25.1 Å². The van der Waals surface area contributed by atoms with Crippen LogP contribution in [-0.4, -0.2) is 16.1 Å². The fraction of sp³-hybridized carbons (Fsp3) is 0.250. The molecule has 1 heterocycles. The standard InChI is InChI=1S/C12H11Cl2N3OS/c1-2-9(7-4-3-5-8(13)6-7)15-10(18)11-16-17-12(14)19-11/h3-6,9H,2H2,1H3,(H,15,18). The molecule has 0 spiro atoms. The van der Waals surface area contributed by atoms with E-state index in [1.165, 1.54) is 0 Å². The first-order valence-corrected chi connectivity index (χ1v) is 7.22. The Bertz CT molecular complexity index is 588. The molecule has 1 aromatic heterocycles. The number of amides is 1. The Labute approximate surface area is 124 Å². The van der Waals surface area contributed by atoms with Gasteiger partial charge in [-0.05, 0) is 35.7 Å². The van der Waals surface area contributed by atoms with Crippen LogP contribution in [0.1, 0.15) is 34.8 Å². The molecule has 19 heavy (non-hydrogen) atoms. The highest BCUT2D eigenvalue weighted by Gasteiger charge is 2.17. The van der Waals surface area contributed by atoms with Gasteiger partial charge in [0.15, 0.2) is 0 Å². The summed E-state index contributed by atoms with van der Waals surface area (Å²) in [7, 11) is 0. The SMILES string of the molecule is CCC(NC(=O)c1nnc(Cl)s1)c1cccc(Cl)c1. The van der Waals surface area contributed by atoms with Gasteiger partial charge in [-0.2, -0.15) is 0 Å². The van der Waals surface area contributed by atoms with Crippen LogP contribution in [0.3, 0.4) is 0 Å². The highest BCUT2D eigenvalue weighted by molar-refractivity contribution is 7.17. The molecular weight excluding hydrogens is 305 g/mol. The number of carbonyl (C=O) groups excluding carboxylic acids is 1. The van der Waals surface area contributed by atoms with Crippen molar-refractivity contribution >= 4 is 40.4 Å². The maximum absolute atomic E-state index is 12.0. The molecule has 2 rings (SSSR count). The smallest absolute Gasteiger partial charge is 0.282 e. The largest absolute Gasteiger partial charge is 0.343 e. The van der Waals surface area contributed by atoms with Crippen molar-refractivity contribution in [3.63, 3.8) is 0 Å². The molecule has 0 aliphatic heterocycles. The maximum Gasteiger partial charge on any atom is 0.282 e. The molecule has 4 nitrogen and oxygen atoms in total. The minimum absolute atomic E-state index is 0.117. The minimum Gasteiger partial charge on any atom is -0.343 e. The van der Waals surface area contributed by atoms with Crippen molar-refractivity contribution in [2.45, 2.75) is 19.4 Å².